The predicted octanol–water partition coefficient (Wildman–Crippen LogP) is 11.9. The number of hydrogen-bond donors (Lipinski definition) is 1. The summed E-state index contributed by atoms with van der Waals surface area (Å²) in [5.74, 6) is 0.364. The lowest BCUT2D eigenvalue weighted by atomic mass is 9.81. The molecule has 4 aliphatic rings. The minimum Gasteiger partial charge on any atom is -0.383 e. The maximum absolute atomic E-state index is 15.7. The van der Waals surface area contributed by atoms with Crippen molar-refractivity contribution in [2.45, 2.75) is 149 Å². The van der Waals surface area contributed by atoms with E-state index < -0.39 is 5.67 Å². The second kappa shape index (κ2) is 23.3. The van der Waals surface area contributed by atoms with E-state index in [1.165, 1.54) is 4.88 Å². The number of aryl methyl sites for hydroxylation is 1. The number of nitrogens with one attached hydrogen (secondary N) is 1. The molecule has 2 aliphatic carbocycles. The van der Waals surface area contributed by atoms with Gasteiger partial charge in [0.1, 0.15) is 11.9 Å². The van der Waals surface area contributed by atoms with Gasteiger partial charge in [0.2, 0.25) is 17.6 Å². The number of likely N-dealkylation sites (tertiary alicyclic amines) is 2. The third-order valence-electron chi connectivity index (χ3n) is 15.6. The van der Waals surface area contributed by atoms with Gasteiger partial charge in [-0.1, -0.05) is 77.8 Å². The van der Waals surface area contributed by atoms with E-state index in [1.807, 2.05) is 61.0 Å². The number of hydrogen-bond acceptors (Lipinski definition) is 9. The molecule has 1 N–H and O–H groups in total. The number of thiazole rings is 1. The molecule has 4 fully saturated rings. The number of carbonyl (C=O) groups is 3. The molecule has 392 valence electrons. The molecule has 0 spiro atoms. The highest BCUT2D eigenvalue weighted by molar-refractivity contribution is 9.10. The first kappa shape index (κ1) is 54.4. The largest absolute Gasteiger partial charge is 0.383 e. The molecular formula is C57H72BrF2N7O5S. The van der Waals surface area contributed by atoms with Gasteiger partial charge in [-0.05, 0) is 140 Å². The van der Waals surface area contributed by atoms with Gasteiger partial charge in [-0.3, -0.25) is 23.6 Å². The number of amides is 2. The number of ether oxygens (including phenoxy) is 1. The van der Waals surface area contributed by atoms with Crippen molar-refractivity contribution < 1.29 is 27.9 Å². The number of ketones is 1. The van der Waals surface area contributed by atoms with Crippen molar-refractivity contribution in [1.82, 2.24) is 34.1 Å². The molecule has 2 atom stereocenters. The third kappa shape index (κ3) is 12.1. The Labute approximate surface area is 440 Å². The van der Waals surface area contributed by atoms with Crippen LogP contribution in [0.4, 0.5) is 8.78 Å². The highest BCUT2D eigenvalue weighted by atomic mass is 79.9. The minimum absolute atomic E-state index is 0.0562. The van der Waals surface area contributed by atoms with Gasteiger partial charge < -0.3 is 24.4 Å². The number of nitrogens with zero attached hydrogens (tertiary/aromatic N) is 6. The topological polar surface area (TPSA) is 131 Å². The molecule has 12 nitrogen and oxygen atoms in total. The molecule has 16 heteroatoms. The fourth-order valence-corrected chi connectivity index (χ4v) is 11.9. The van der Waals surface area contributed by atoms with Gasteiger partial charge in [0, 0.05) is 55.7 Å². The molecular weight excluding hydrogens is 1010 g/mol. The predicted molar refractivity (Wildman–Crippen MR) is 290 cm³/mol. The van der Waals surface area contributed by atoms with Crippen molar-refractivity contribution in [3.8, 4) is 10.4 Å². The molecule has 2 saturated heterocycles. The number of fused-ring (bicyclic) bond motifs is 5. The summed E-state index contributed by atoms with van der Waals surface area (Å²) in [5, 5.41) is 3.56. The molecule has 2 saturated carbocycles. The summed E-state index contributed by atoms with van der Waals surface area (Å²) >= 11 is 5.16. The van der Waals surface area contributed by atoms with E-state index in [1.54, 1.807) is 29.4 Å². The number of imidazole rings is 1. The number of halogens is 3. The zero-order chi connectivity index (χ0) is 52.2. The van der Waals surface area contributed by atoms with Gasteiger partial charge in [-0.15, -0.1) is 11.3 Å². The molecule has 5 heterocycles. The molecule has 73 heavy (non-hydrogen) atoms. The van der Waals surface area contributed by atoms with Gasteiger partial charge >= 0.3 is 0 Å². The standard InChI is InChI=1S/C27H30BrFN4O2.C23H31N3O2S.C7H11FO/c1-35-14-13-31-11-9-17(10-12-31)19-15-23-24(16-21(19)29)33-22-8-4-7-20(28)25(22)26(34)30-27(33)32(23)18-5-2-3-6-18;1-15(23(3,4)5)22(28)26-12-6-7-19(26)21(27)24-13-17-8-10-18(11-9-17)20-16(2)25-14-29-20;1-2-3-6(9)7(8)4-5-7/h4,7-8,15-18H,2-3,5-6,9-14H2,1H3;8-11,14-15,19H,6-7,12-13H2,1-5H3,(H,24,27);2-5H2,1H3. The second-order valence-electron chi connectivity index (χ2n) is 21.6. The Hall–Kier alpha value is -4.90. The van der Waals surface area contributed by atoms with Crippen LogP contribution in [0.15, 0.2) is 69.4 Å². The lowest BCUT2D eigenvalue weighted by Crippen LogP contribution is -2.49. The van der Waals surface area contributed by atoms with E-state index in [0.29, 0.717) is 48.0 Å². The van der Waals surface area contributed by atoms with Gasteiger partial charge in [0.05, 0.1) is 44.6 Å². The molecule has 0 radical (unpaired) electrons. The van der Waals surface area contributed by atoms with E-state index in [4.69, 9.17) is 4.74 Å². The number of piperidine rings is 1. The average molecular weight is 1090 g/mol. The quantitative estimate of drug-likeness (QED) is 0.121. The molecule has 10 rings (SSSR count). The normalized spacial score (nSPS) is 18.7. The SMILES string of the molecule is CCCC(=O)C1(F)CC1.COCCN1CCC(c2cc3c(cc2F)n2c4cccc(Br)c4c(=O)nc2n3C2CCCC2)CC1.Cc1ncsc1-c1ccc(CNC(=O)C2CCCN2C(=O)C(C)C(C)(C)C)cc1. The van der Waals surface area contributed by atoms with E-state index >= 15 is 4.39 Å². The van der Waals surface area contributed by atoms with Crippen molar-refractivity contribution in [2.24, 2.45) is 11.3 Å². The summed E-state index contributed by atoms with van der Waals surface area (Å²) in [6, 6.07) is 17.5. The Kier molecular flexibility index (Phi) is 17.4. The van der Waals surface area contributed by atoms with Crippen molar-refractivity contribution in [2.75, 3.05) is 39.9 Å². The molecule has 3 aromatic heterocycles. The van der Waals surface area contributed by atoms with Crippen LogP contribution in [0, 0.1) is 24.1 Å². The van der Waals surface area contributed by atoms with Crippen LogP contribution in [0.2, 0.25) is 0 Å². The lowest BCUT2D eigenvalue weighted by molar-refractivity contribution is -0.143. The van der Waals surface area contributed by atoms with Crippen molar-refractivity contribution in [3.05, 3.63) is 97.6 Å². The van der Waals surface area contributed by atoms with Crippen LogP contribution in [0.3, 0.4) is 0 Å². The number of rotatable bonds is 13. The van der Waals surface area contributed by atoms with Crippen LogP contribution >= 0.6 is 27.3 Å². The van der Waals surface area contributed by atoms with Crippen molar-refractivity contribution in [1.29, 1.82) is 0 Å². The Balaban J connectivity index is 0.000000169. The van der Waals surface area contributed by atoms with Crippen LogP contribution in [0.1, 0.15) is 140 Å². The van der Waals surface area contributed by atoms with E-state index in [0.717, 1.165) is 123 Å². The number of benzene rings is 3. The van der Waals surface area contributed by atoms with Crippen molar-refractivity contribution >= 4 is 72.6 Å². The molecule has 0 bridgehead atoms. The first-order valence-corrected chi connectivity index (χ1v) is 28.0. The molecule has 2 aliphatic heterocycles. The smallest absolute Gasteiger partial charge is 0.283 e. The zero-order valence-electron chi connectivity index (χ0n) is 43.6. The highest BCUT2D eigenvalue weighted by Crippen LogP contribution is 2.42. The molecule has 2 unspecified atom stereocenters. The molecule has 2 amide bonds. The summed E-state index contributed by atoms with van der Waals surface area (Å²) in [7, 11) is 1.73. The van der Waals surface area contributed by atoms with E-state index in [2.05, 4.69) is 79.7 Å². The summed E-state index contributed by atoms with van der Waals surface area (Å²) < 4.78 is 38.6. The molecule has 6 aromatic rings. The van der Waals surface area contributed by atoms with Gasteiger partial charge in [-0.25, -0.2) is 13.8 Å². The number of aromatic nitrogens is 4. The average Bonchev–Trinajstić information content (AvgIpc) is 3.89. The summed E-state index contributed by atoms with van der Waals surface area (Å²) in [5.41, 5.74) is 6.64. The minimum atomic E-state index is -1.38. The number of alkyl halides is 1. The first-order chi connectivity index (χ1) is 34.9. The number of carbonyl (C=O) groups excluding carboxylic acids is 3. The fourth-order valence-electron chi connectivity index (χ4n) is 10.6. The monoisotopic (exact) mass is 1080 g/mol. The lowest BCUT2D eigenvalue weighted by Gasteiger charge is -2.32. The summed E-state index contributed by atoms with van der Waals surface area (Å²) in [4.78, 5) is 63.7. The van der Waals surface area contributed by atoms with E-state index in [-0.39, 0.29) is 58.3 Å². The maximum atomic E-state index is 15.7. The number of methoxy groups -OCH3 is 1. The zero-order valence-corrected chi connectivity index (χ0v) is 46.0. The Morgan fingerprint density at radius 2 is 1.67 bits per heavy atom. The Morgan fingerprint density at radius 1 is 0.959 bits per heavy atom. The van der Waals surface area contributed by atoms with Crippen LogP contribution in [0.5, 0.6) is 0 Å². The summed E-state index contributed by atoms with van der Waals surface area (Å²) in [6.07, 6.45) is 10.0. The van der Waals surface area contributed by atoms with Gasteiger partial charge in [0.15, 0.2) is 11.5 Å². The maximum Gasteiger partial charge on any atom is 0.283 e. The number of Topliss-reactive ketones (excluding diaryl/α,β-unsaturated/α-hetero) is 1. The second-order valence-corrected chi connectivity index (χ2v) is 23.3. The Bertz CT molecular complexity index is 2980. The first-order valence-electron chi connectivity index (χ1n) is 26.3. The van der Waals surface area contributed by atoms with Crippen LogP contribution in [0.25, 0.3) is 38.2 Å². The fraction of sp³-hybridized carbons (Fsp3) is 0.544. The van der Waals surface area contributed by atoms with Gasteiger partial charge in [0.25, 0.3) is 5.56 Å². The van der Waals surface area contributed by atoms with E-state index in [9.17, 15) is 23.6 Å². The van der Waals surface area contributed by atoms with Crippen molar-refractivity contribution in [3.63, 3.8) is 0 Å². The van der Waals surface area contributed by atoms with Crippen LogP contribution in [-0.2, 0) is 25.7 Å². The highest BCUT2D eigenvalue weighted by Gasteiger charge is 2.49. The van der Waals surface area contributed by atoms with Crippen LogP contribution in [-0.4, -0.2) is 97.9 Å². The van der Waals surface area contributed by atoms with Crippen LogP contribution < -0.4 is 10.9 Å². The summed E-state index contributed by atoms with van der Waals surface area (Å²) in [6.45, 7) is 16.7. The van der Waals surface area contributed by atoms with Gasteiger partial charge in [-0.2, -0.15) is 4.98 Å². The molecule has 3 aromatic carbocycles. The Morgan fingerprint density at radius 3 is 2.30 bits per heavy atom. The third-order valence-corrected chi connectivity index (χ3v) is 17.2.